The van der Waals surface area contributed by atoms with Crippen LogP contribution >= 0.6 is 22.9 Å². The largest absolute Gasteiger partial charge is 0.326 e. The number of benzene rings is 1. The molecule has 0 aliphatic carbocycles. The molecule has 2 aromatic heterocycles. The number of para-hydroxylation sites is 1. The number of imidazole rings is 1. The maximum absolute atomic E-state index is 9.20. The highest BCUT2D eigenvalue weighted by Crippen LogP contribution is 2.26. The lowest BCUT2D eigenvalue weighted by atomic mass is 10.1. The Labute approximate surface area is 131 Å². The van der Waals surface area contributed by atoms with E-state index in [2.05, 4.69) is 27.5 Å². The lowest BCUT2D eigenvalue weighted by Crippen LogP contribution is -2.08. The van der Waals surface area contributed by atoms with Gasteiger partial charge in [-0.2, -0.15) is 5.26 Å². The average molecular weight is 317 g/mol. The number of thiazole rings is 1. The molecular formula is C15H13ClN4S. The van der Waals surface area contributed by atoms with E-state index in [0.29, 0.717) is 11.4 Å². The Morgan fingerprint density at radius 3 is 3.00 bits per heavy atom. The summed E-state index contributed by atoms with van der Waals surface area (Å²) in [5.74, 6) is 1.39. The molecule has 0 bridgehead atoms. The van der Waals surface area contributed by atoms with Gasteiger partial charge in [0.2, 0.25) is 0 Å². The van der Waals surface area contributed by atoms with Crippen molar-refractivity contribution in [3.05, 3.63) is 46.2 Å². The van der Waals surface area contributed by atoms with Crippen molar-refractivity contribution < 1.29 is 0 Å². The van der Waals surface area contributed by atoms with Crippen LogP contribution in [0.1, 0.15) is 29.2 Å². The third kappa shape index (κ3) is 2.53. The van der Waals surface area contributed by atoms with Crippen molar-refractivity contribution in [2.24, 2.45) is 0 Å². The number of rotatable bonds is 4. The maximum atomic E-state index is 9.20. The van der Waals surface area contributed by atoms with Crippen molar-refractivity contribution in [2.75, 3.05) is 0 Å². The normalized spacial score (nSPS) is 12.4. The molecule has 0 saturated carbocycles. The fourth-order valence-electron chi connectivity index (χ4n) is 2.42. The van der Waals surface area contributed by atoms with Crippen LogP contribution in [0.4, 0.5) is 0 Å². The number of nitrogens with zero attached hydrogens (tertiary/aromatic N) is 4. The zero-order chi connectivity index (χ0) is 14.8. The molecule has 4 nitrogen and oxygen atoms in total. The van der Waals surface area contributed by atoms with Gasteiger partial charge in [0.1, 0.15) is 17.4 Å². The summed E-state index contributed by atoms with van der Waals surface area (Å²) in [6.45, 7) is 2.89. The zero-order valence-corrected chi connectivity index (χ0v) is 13.0. The molecule has 0 amide bonds. The molecule has 0 radical (unpaired) electrons. The monoisotopic (exact) mass is 316 g/mol. The first kappa shape index (κ1) is 14.1. The standard InChI is InChI=1S/C15H13ClN4S/c1-10(15-18-5-6-21-15)9-20-12-4-2-3-11(8-17)14(12)19-13(20)7-16/h2-6,10H,7,9H2,1H3. The van der Waals surface area contributed by atoms with E-state index >= 15 is 0 Å². The van der Waals surface area contributed by atoms with Crippen LogP contribution in [-0.2, 0) is 12.4 Å². The molecular weight excluding hydrogens is 304 g/mol. The Morgan fingerprint density at radius 1 is 1.48 bits per heavy atom. The molecule has 0 spiro atoms. The molecule has 0 N–H and O–H groups in total. The van der Waals surface area contributed by atoms with Gasteiger partial charge in [0, 0.05) is 24.0 Å². The van der Waals surface area contributed by atoms with Crippen LogP contribution in [0.2, 0.25) is 0 Å². The van der Waals surface area contributed by atoms with Gasteiger partial charge in [-0.05, 0) is 12.1 Å². The van der Waals surface area contributed by atoms with Crippen LogP contribution in [0.25, 0.3) is 11.0 Å². The predicted octanol–water partition coefficient (Wildman–Crippen LogP) is 3.91. The van der Waals surface area contributed by atoms with E-state index in [1.165, 1.54) is 0 Å². The molecule has 1 aromatic carbocycles. The Kier molecular flexibility index (Phi) is 3.91. The minimum absolute atomic E-state index is 0.273. The maximum Gasteiger partial charge on any atom is 0.124 e. The molecule has 21 heavy (non-hydrogen) atoms. The van der Waals surface area contributed by atoms with Crippen molar-refractivity contribution in [2.45, 2.75) is 25.3 Å². The summed E-state index contributed by atoms with van der Waals surface area (Å²) in [6, 6.07) is 7.83. The van der Waals surface area contributed by atoms with E-state index in [4.69, 9.17) is 11.6 Å². The quantitative estimate of drug-likeness (QED) is 0.686. The van der Waals surface area contributed by atoms with Gasteiger partial charge in [0.05, 0.1) is 22.0 Å². The first-order valence-corrected chi connectivity index (χ1v) is 7.99. The summed E-state index contributed by atoms with van der Waals surface area (Å²) < 4.78 is 2.09. The fourth-order valence-corrected chi connectivity index (χ4v) is 3.31. The molecule has 0 aliphatic heterocycles. The Hall–Kier alpha value is -1.90. The van der Waals surface area contributed by atoms with E-state index in [1.54, 1.807) is 17.4 Å². The molecule has 6 heteroatoms. The fraction of sp³-hybridized carbons (Fsp3) is 0.267. The van der Waals surface area contributed by atoms with Gasteiger partial charge in [-0.3, -0.25) is 0 Å². The highest BCUT2D eigenvalue weighted by atomic mass is 35.5. The van der Waals surface area contributed by atoms with Crippen LogP contribution < -0.4 is 0 Å². The molecule has 3 rings (SSSR count). The lowest BCUT2D eigenvalue weighted by molar-refractivity contribution is 0.592. The van der Waals surface area contributed by atoms with Crippen LogP contribution in [0.3, 0.4) is 0 Å². The van der Waals surface area contributed by atoms with E-state index < -0.39 is 0 Å². The summed E-state index contributed by atoms with van der Waals surface area (Å²) in [5, 5.41) is 12.3. The van der Waals surface area contributed by atoms with Crippen LogP contribution in [-0.4, -0.2) is 14.5 Å². The van der Waals surface area contributed by atoms with Crippen molar-refractivity contribution in [1.29, 1.82) is 5.26 Å². The van der Waals surface area contributed by atoms with E-state index in [0.717, 1.165) is 28.4 Å². The molecule has 106 valence electrons. The van der Waals surface area contributed by atoms with Crippen LogP contribution in [0, 0.1) is 11.3 Å². The van der Waals surface area contributed by atoms with Gasteiger partial charge in [0.15, 0.2) is 0 Å². The van der Waals surface area contributed by atoms with Gasteiger partial charge in [-0.15, -0.1) is 22.9 Å². The lowest BCUT2D eigenvalue weighted by Gasteiger charge is -2.12. The third-order valence-corrected chi connectivity index (χ3v) is 4.67. The predicted molar refractivity (Wildman–Crippen MR) is 84.5 cm³/mol. The first-order valence-electron chi connectivity index (χ1n) is 6.58. The number of nitriles is 1. The first-order chi connectivity index (χ1) is 10.2. The highest BCUT2D eigenvalue weighted by Gasteiger charge is 2.16. The molecule has 0 aliphatic rings. The topological polar surface area (TPSA) is 54.5 Å². The van der Waals surface area contributed by atoms with E-state index in [1.807, 2.05) is 23.7 Å². The number of halogens is 1. The van der Waals surface area contributed by atoms with Gasteiger partial charge in [-0.1, -0.05) is 13.0 Å². The number of alkyl halides is 1. The second-order valence-corrected chi connectivity index (χ2v) is 6.02. The minimum Gasteiger partial charge on any atom is -0.326 e. The van der Waals surface area contributed by atoms with Gasteiger partial charge < -0.3 is 4.57 Å². The smallest absolute Gasteiger partial charge is 0.124 e. The molecule has 0 fully saturated rings. The van der Waals surface area contributed by atoms with Crippen molar-refractivity contribution in [1.82, 2.24) is 14.5 Å². The summed E-state index contributed by atoms with van der Waals surface area (Å²) in [5.41, 5.74) is 2.26. The second-order valence-electron chi connectivity index (χ2n) is 4.83. The molecule has 2 heterocycles. The summed E-state index contributed by atoms with van der Waals surface area (Å²) in [4.78, 5) is 8.89. The van der Waals surface area contributed by atoms with Crippen LogP contribution in [0.15, 0.2) is 29.8 Å². The number of hydrogen-bond donors (Lipinski definition) is 0. The van der Waals surface area contributed by atoms with Gasteiger partial charge in [-0.25, -0.2) is 9.97 Å². The number of fused-ring (bicyclic) bond motifs is 1. The van der Waals surface area contributed by atoms with E-state index in [9.17, 15) is 5.26 Å². The molecule has 1 unspecified atom stereocenters. The molecule has 0 saturated heterocycles. The number of aromatic nitrogens is 3. The van der Waals surface area contributed by atoms with Crippen molar-refractivity contribution >= 4 is 34.0 Å². The Balaban J connectivity index is 2.07. The number of hydrogen-bond acceptors (Lipinski definition) is 4. The Morgan fingerprint density at radius 2 is 2.33 bits per heavy atom. The van der Waals surface area contributed by atoms with Gasteiger partial charge >= 0.3 is 0 Å². The third-order valence-electron chi connectivity index (χ3n) is 3.43. The summed E-state index contributed by atoms with van der Waals surface area (Å²) in [6.07, 6.45) is 1.82. The second kappa shape index (κ2) is 5.84. The molecule has 3 aromatic rings. The van der Waals surface area contributed by atoms with Gasteiger partial charge in [0.25, 0.3) is 0 Å². The average Bonchev–Trinajstić information content (AvgIpc) is 3.14. The highest BCUT2D eigenvalue weighted by molar-refractivity contribution is 7.09. The Bertz CT molecular complexity index is 801. The van der Waals surface area contributed by atoms with Crippen molar-refractivity contribution in [3.63, 3.8) is 0 Å². The SMILES string of the molecule is CC(Cn1c(CCl)nc2c(C#N)cccc21)c1nccs1. The van der Waals surface area contributed by atoms with Crippen molar-refractivity contribution in [3.8, 4) is 6.07 Å². The zero-order valence-electron chi connectivity index (χ0n) is 11.5. The van der Waals surface area contributed by atoms with Crippen LogP contribution in [0.5, 0.6) is 0 Å². The molecule has 1 atom stereocenters. The summed E-state index contributed by atoms with van der Waals surface area (Å²) >= 11 is 7.68. The summed E-state index contributed by atoms with van der Waals surface area (Å²) in [7, 11) is 0. The van der Waals surface area contributed by atoms with E-state index in [-0.39, 0.29) is 5.92 Å². The minimum atomic E-state index is 0.273.